The van der Waals surface area contributed by atoms with Crippen LogP contribution in [0.3, 0.4) is 0 Å². The number of rotatable bonds is 6. The molecule has 0 bridgehead atoms. The van der Waals surface area contributed by atoms with Gasteiger partial charge in [0.2, 0.25) is 5.95 Å². The number of H-pyrrole nitrogens is 1. The molecular weight excluding hydrogens is 378 g/mol. The van der Waals surface area contributed by atoms with Crippen LogP contribution >= 0.6 is 0 Å². The Hall–Kier alpha value is -3.33. The van der Waals surface area contributed by atoms with Crippen LogP contribution in [0.5, 0.6) is 0 Å². The molecule has 0 atom stereocenters. The Bertz CT molecular complexity index is 1030. The minimum atomic E-state index is -0.625. The normalized spacial score (nSPS) is 11.1. The number of aromatic amines is 1. The van der Waals surface area contributed by atoms with Crippen molar-refractivity contribution in [2.75, 3.05) is 19.8 Å². The van der Waals surface area contributed by atoms with E-state index < -0.39 is 5.82 Å². The number of carbonyl (C=O) groups excluding carboxylic acids is 1. The summed E-state index contributed by atoms with van der Waals surface area (Å²) in [7, 11) is 3.69. The number of nitrogens with two attached hydrogens (primary N) is 1. The van der Waals surface area contributed by atoms with Crippen molar-refractivity contribution in [3.05, 3.63) is 64.6 Å². The molecule has 0 radical (unpaired) electrons. The van der Waals surface area contributed by atoms with E-state index in [4.69, 9.17) is 5.73 Å². The molecule has 3 aromatic rings. The third kappa shape index (κ3) is 4.57. The molecule has 7 nitrogen and oxygen atoms in total. The average molecular weight is 400 g/mol. The smallest absolute Gasteiger partial charge is 0.268 e. The van der Waals surface area contributed by atoms with Gasteiger partial charge >= 0.3 is 0 Å². The Morgan fingerprint density at radius 2 is 1.93 bits per heavy atom. The highest BCUT2D eigenvalue weighted by molar-refractivity contribution is 5.96. The van der Waals surface area contributed by atoms with Crippen LogP contribution in [0.2, 0.25) is 0 Å². The molecule has 0 saturated heterocycles. The fourth-order valence-corrected chi connectivity index (χ4v) is 3.09. The summed E-state index contributed by atoms with van der Waals surface area (Å²) in [5.41, 5.74) is 8.42. The van der Waals surface area contributed by atoms with Crippen LogP contribution < -0.4 is 11.1 Å². The van der Waals surface area contributed by atoms with Gasteiger partial charge in [0.25, 0.3) is 5.91 Å². The largest absolute Gasteiger partial charge is 0.368 e. The molecule has 2 heterocycles. The molecule has 1 aromatic carbocycles. The van der Waals surface area contributed by atoms with Crippen LogP contribution in [0.25, 0.3) is 11.3 Å². The lowest BCUT2D eigenvalue weighted by Crippen LogP contribution is -2.25. The predicted molar refractivity (Wildman–Crippen MR) is 106 cm³/mol. The number of nitrogens with zero attached hydrogens (tertiary/aromatic N) is 3. The van der Waals surface area contributed by atoms with E-state index in [1.165, 1.54) is 12.1 Å². The van der Waals surface area contributed by atoms with E-state index >= 15 is 0 Å². The summed E-state index contributed by atoms with van der Waals surface area (Å²) in [6, 6.07) is 5.86. The van der Waals surface area contributed by atoms with Crippen molar-refractivity contribution in [3.63, 3.8) is 0 Å². The molecule has 0 spiro atoms. The molecule has 0 fully saturated rings. The van der Waals surface area contributed by atoms with E-state index in [0.717, 1.165) is 11.8 Å². The molecule has 0 aliphatic rings. The molecule has 29 heavy (non-hydrogen) atoms. The topological polar surface area (TPSA) is 99.9 Å². The van der Waals surface area contributed by atoms with Crippen LogP contribution in [-0.2, 0) is 13.1 Å². The molecule has 2 aromatic heterocycles. The van der Waals surface area contributed by atoms with E-state index in [9.17, 15) is 13.6 Å². The fourth-order valence-electron chi connectivity index (χ4n) is 3.09. The lowest BCUT2D eigenvalue weighted by Gasteiger charge is -2.14. The van der Waals surface area contributed by atoms with Gasteiger partial charge in [-0.3, -0.25) is 4.79 Å². The first kappa shape index (κ1) is 20.4. The van der Waals surface area contributed by atoms with Gasteiger partial charge in [-0.05, 0) is 38.7 Å². The second-order valence-electron chi connectivity index (χ2n) is 6.95. The Labute approximate surface area is 167 Å². The summed E-state index contributed by atoms with van der Waals surface area (Å²) < 4.78 is 27.5. The van der Waals surface area contributed by atoms with Crippen molar-refractivity contribution in [2.45, 2.75) is 20.0 Å². The summed E-state index contributed by atoms with van der Waals surface area (Å²) in [6.07, 6.45) is 1.01. The maximum atomic E-state index is 14.4. The number of hydrogen-bond acceptors (Lipinski definition) is 5. The zero-order valence-corrected chi connectivity index (χ0v) is 16.4. The number of halogens is 2. The highest BCUT2D eigenvalue weighted by atomic mass is 19.1. The van der Waals surface area contributed by atoms with Gasteiger partial charge in [0.15, 0.2) is 5.82 Å². The van der Waals surface area contributed by atoms with Gasteiger partial charge in [0.05, 0.1) is 6.20 Å². The maximum Gasteiger partial charge on any atom is 0.268 e. The molecule has 152 valence electrons. The second-order valence-corrected chi connectivity index (χ2v) is 6.95. The molecule has 9 heteroatoms. The van der Waals surface area contributed by atoms with Crippen LogP contribution in [0.4, 0.5) is 14.7 Å². The minimum Gasteiger partial charge on any atom is -0.368 e. The number of nitrogen functional groups attached to an aromatic ring is 1. The molecular formula is C20H22F2N6O. The first-order chi connectivity index (χ1) is 13.8. The first-order valence-corrected chi connectivity index (χ1v) is 8.93. The van der Waals surface area contributed by atoms with Crippen LogP contribution in [0.15, 0.2) is 30.5 Å². The number of aryl methyl sites for hydroxylation is 1. The Balaban J connectivity index is 1.97. The lowest BCUT2D eigenvalue weighted by molar-refractivity contribution is 0.0945. The number of hydrogen-bond donors (Lipinski definition) is 3. The zero-order valence-electron chi connectivity index (χ0n) is 16.4. The molecule has 0 aliphatic carbocycles. The second kappa shape index (κ2) is 8.36. The van der Waals surface area contributed by atoms with E-state index in [2.05, 4.69) is 20.3 Å². The third-order valence-corrected chi connectivity index (χ3v) is 4.36. The minimum absolute atomic E-state index is 0.0423. The van der Waals surface area contributed by atoms with Crippen molar-refractivity contribution in [2.24, 2.45) is 0 Å². The molecule has 3 rings (SSSR count). The summed E-state index contributed by atoms with van der Waals surface area (Å²) in [4.78, 5) is 25.5. The number of benzene rings is 1. The van der Waals surface area contributed by atoms with E-state index in [1.54, 1.807) is 19.1 Å². The molecule has 0 aliphatic heterocycles. The highest BCUT2D eigenvalue weighted by Gasteiger charge is 2.25. The van der Waals surface area contributed by atoms with E-state index in [-0.39, 0.29) is 29.9 Å². The number of anilines is 1. The van der Waals surface area contributed by atoms with Crippen LogP contribution in [0.1, 0.15) is 27.3 Å². The SMILES string of the molecule is Cc1[nH]c(C(=O)NCc2ccc(F)cc2)c(CN(C)C)c1-c1nc(N)ncc1F. The highest BCUT2D eigenvalue weighted by Crippen LogP contribution is 2.31. The van der Waals surface area contributed by atoms with Crippen LogP contribution in [0, 0.1) is 18.6 Å². The van der Waals surface area contributed by atoms with Crippen molar-refractivity contribution < 1.29 is 13.6 Å². The van der Waals surface area contributed by atoms with Gasteiger partial charge in [-0.15, -0.1) is 0 Å². The number of aromatic nitrogens is 3. The average Bonchev–Trinajstić information content (AvgIpc) is 2.98. The fraction of sp³-hybridized carbons (Fsp3) is 0.250. The summed E-state index contributed by atoms with van der Waals surface area (Å²) in [5, 5.41) is 2.80. The Morgan fingerprint density at radius 3 is 2.59 bits per heavy atom. The number of carbonyl (C=O) groups is 1. The predicted octanol–water partition coefficient (Wildman–Crippen LogP) is 2.63. The standard InChI is InChI=1S/C20H22F2N6O/c1-11-16(18-15(22)9-25-20(23)27-18)14(10-28(2)3)17(26-11)19(29)24-8-12-4-6-13(21)7-5-12/h4-7,9,26H,8,10H2,1-3H3,(H,24,29)(H2,23,25,27). The monoisotopic (exact) mass is 400 g/mol. The van der Waals surface area contributed by atoms with Crippen LogP contribution in [-0.4, -0.2) is 39.9 Å². The van der Waals surface area contributed by atoms with Crippen molar-refractivity contribution in [1.82, 2.24) is 25.2 Å². The number of nitrogens with one attached hydrogen (secondary N) is 2. The molecule has 4 N–H and O–H groups in total. The van der Waals surface area contributed by atoms with Gasteiger partial charge in [-0.2, -0.15) is 0 Å². The zero-order chi connectivity index (χ0) is 21.1. The quantitative estimate of drug-likeness (QED) is 0.591. The number of amides is 1. The summed E-state index contributed by atoms with van der Waals surface area (Å²) in [6.45, 7) is 2.34. The molecule has 0 unspecified atom stereocenters. The third-order valence-electron chi connectivity index (χ3n) is 4.36. The van der Waals surface area contributed by atoms with E-state index in [1.807, 2.05) is 19.0 Å². The summed E-state index contributed by atoms with van der Waals surface area (Å²) >= 11 is 0. The lowest BCUT2D eigenvalue weighted by atomic mass is 10.0. The summed E-state index contributed by atoms with van der Waals surface area (Å²) in [5.74, 6) is -1.38. The maximum absolute atomic E-state index is 14.4. The van der Waals surface area contributed by atoms with Gasteiger partial charge < -0.3 is 20.9 Å². The molecule has 1 amide bonds. The van der Waals surface area contributed by atoms with Crippen molar-refractivity contribution in [1.29, 1.82) is 0 Å². The van der Waals surface area contributed by atoms with Crippen molar-refractivity contribution >= 4 is 11.9 Å². The first-order valence-electron chi connectivity index (χ1n) is 8.93. The Kier molecular flexibility index (Phi) is 5.88. The van der Waals surface area contributed by atoms with Gasteiger partial charge in [-0.25, -0.2) is 18.7 Å². The van der Waals surface area contributed by atoms with Crippen molar-refractivity contribution in [3.8, 4) is 11.3 Å². The van der Waals surface area contributed by atoms with Gasteiger partial charge in [0.1, 0.15) is 17.2 Å². The van der Waals surface area contributed by atoms with Gasteiger partial charge in [-0.1, -0.05) is 12.1 Å². The van der Waals surface area contributed by atoms with E-state index in [0.29, 0.717) is 29.1 Å². The Morgan fingerprint density at radius 1 is 1.24 bits per heavy atom. The van der Waals surface area contributed by atoms with Gasteiger partial charge in [0, 0.05) is 29.9 Å². The molecule has 0 saturated carbocycles.